The van der Waals surface area contributed by atoms with Crippen molar-refractivity contribution in [2.24, 2.45) is 5.73 Å². The minimum Gasteiger partial charge on any atom is -0.493 e. The molecule has 2 aromatic rings. The molecule has 106 valence electrons. The molecule has 0 bridgehead atoms. The second-order valence-electron chi connectivity index (χ2n) is 4.23. The fourth-order valence-electron chi connectivity index (χ4n) is 1.73. The van der Waals surface area contributed by atoms with Crippen LogP contribution in [-0.2, 0) is 0 Å². The van der Waals surface area contributed by atoms with Crippen LogP contribution in [0.5, 0.6) is 5.75 Å². The number of thiazole rings is 1. The summed E-state index contributed by atoms with van der Waals surface area (Å²) in [5, 5.41) is 13.5. The standard InChI is InChI=1S/C13H15N3O3S/c1-3-19-12-5-4-9(16(17)18)6-10(12)11-7-20-13(15-11)8(2)14/h4-8H,3,14H2,1-2H3. The monoisotopic (exact) mass is 293 g/mol. The highest BCUT2D eigenvalue weighted by atomic mass is 32.1. The van der Waals surface area contributed by atoms with E-state index in [9.17, 15) is 10.1 Å². The molecule has 20 heavy (non-hydrogen) atoms. The lowest BCUT2D eigenvalue weighted by molar-refractivity contribution is -0.384. The Morgan fingerprint density at radius 1 is 1.55 bits per heavy atom. The molecule has 0 aliphatic heterocycles. The van der Waals surface area contributed by atoms with Crippen LogP contribution in [0.3, 0.4) is 0 Å². The number of ether oxygens (including phenoxy) is 1. The summed E-state index contributed by atoms with van der Waals surface area (Å²) >= 11 is 1.43. The zero-order valence-corrected chi connectivity index (χ0v) is 12.0. The molecule has 0 radical (unpaired) electrons. The van der Waals surface area contributed by atoms with Gasteiger partial charge in [0.25, 0.3) is 5.69 Å². The topological polar surface area (TPSA) is 91.3 Å². The van der Waals surface area contributed by atoms with Gasteiger partial charge in [-0.25, -0.2) is 4.98 Å². The molecule has 1 aromatic carbocycles. The van der Waals surface area contributed by atoms with Crippen molar-refractivity contribution in [3.05, 3.63) is 38.7 Å². The van der Waals surface area contributed by atoms with Crippen LogP contribution in [0, 0.1) is 10.1 Å². The molecule has 0 spiro atoms. The van der Waals surface area contributed by atoms with Gasteiger partial charge in [-0.15, -0.1) is 11.3 Å². The molecular weight excluding hydrogens is 278 g/mol. The van der Waals surface area contributed by atoms with Crippen molar-refractivity contribution in [3.63, 3.8) is 0 Å². The van der Waals surface area contributed by atoms with Crippen molar-refractivity contribution >= 4 is 17.0 Å². The van der Waals surface area contributed by atoms with E-state index in [1.54, 1.807) is 6.07 Å². The highest BCUT2D eigenvalue weighted by Crippen LogP contribution is 2.34. The molecule has 0 saturated carbocycles. The van der Waals surface area contributed by atoms with Gasteiger partial charge in [0.1, 0.15) is 10.8 Å². The predicted molar refractivity (Wildman–Crippen MR) is 78.0 cm³/mol. The maximum atomic E-state index is 10.9. The van der Waals surface area contributed by atoms with E-state index in [-0.39, 0.29) is 11.7 Å². The summed E-state index contributed by atoms with van der Waals surface area (Å²) in [6, 6.07) is 4.34. The molecular formula is C13H15N3O3S. The molecule has 1 aromatic heterocycles. The second kappa shape index (κ2) is 5.98. The van der Waals surface area contributed by atoms with Crippen LogP contribution >= 0.6 is 11.3 Å². The van der Waals surface area contributed by atoms with Gasteiger partial charge in [0.15, 0.2) is 0 Å². The number of hydrogen-bond donors (Lipinski definition) is 1. The van der Waals surface area contributed by atoms with Gasteiger partial charge in [0.2, 0.25) is 0 Å². The van der Waals surface area contributed by atoms with Gasteiger partial charge in [0, 0.05) is 23.1 Å². The van der Waals surface area contributed by atoms with Gasteiger partial charge in [0.05, 0.1) is 23.3 Å². The Morgan fingerprint density at radius 3 is 2.85 bits per heavy atom. The summed E-state index contributed by atoms with van der Waals surface area (Å²) in [6.45, 7) is 4.19. The van der Waals surface area contributed by atoms with E-state index >= 15 is 0 Å². The third-order valence-electron chi connectivity index (χ3n) is 2.66. The molecule has 1 heterocycles. The number of benzene rings is 1. The maximum absolute atomic E-state index is 10.9. The summed E-state index contributed by atoms with van der Waals surface area (Å²) in [4.78, 5) is 14.9. The molecule has 2 N–H and O–H groups in total. The van der Waals surface area contributed by atoms with Gasteiger partial charge < -0.3 is 10.5 Å². The molecule has 0 fully saturated rings. The highest BCUT2D eigenvalue weighted by molar-refractivity contribution is 7.10. The van der Waals surface area contributed by atoms with E-state index < -0.39 is 4.92 Å². The summed E-state index contributed by atoms with van der Waals surface area (Å²) in [6.07, 6.45) is 0. The molecule has 6 nitrogen and oxygen atoms in total. The van der Waals surface area contributed by atoms with E-state index in [1.165, 1.54) is 23.5 Å². The number of non-ortho nitro benzene ring substituents is 1. The first-order chi connectivity index (χ1) is 9.52. The van der Waals surface area contributed by atoms with Gasteiger partial charge in [-0.1, -0.05) is 0 Å². The fourth-order valence-corrected chi connectivity index (χ4v) is 2.51. The Bertz CT molecular complexity index is 625. The average Bonchev–Trinajstić information content (AvgIpc) is 2.89. The maximum Gasteiger partial charge on any atom is 0.270 e. The first kappa shape index (κ1) is 14.4. The lowest BCUT2D eigenvalue weighted by Crippen LogP contribution is -2.04. The molecule has 1 unspecified atom stereocenters. The minimum absolute atomic E-state index is 0.0128. The number of rotatable bonds is 5. The molecule has 2 rings (SSSR count). The second-order valence-corrected chi connectivity index (χ2v) is 5.12. The summed E-state index contributed by atoms with van der Waals surface area (Å²) in [5.41, 5.74) is 7.06. The van der Waals surface area contributed by atoms with Crippen LogP contribution in [0.25, 0.3) is 11.3 Å². The number of hydrogen-bond acceptors (Lipinski definition) is 6. The smallest absolute Gasteiger partial charge is 0.270 e. The van der Waals surface area contributed by atoms with Gasteiger partial charge in [-0.2, -0.15) is 0 Å². The lowest BCUT2D eigenvalue weighted by atomic mass is 10.1. The quantitative estimate of drug-likeness (QED) is 0.675. The molecule has 7 heteroatoms. The van der Waals surface area contributed by atoms with Crippen LogP contribution in [0.2, 0.25) is 0 Å². The highest BCUT2D eigenvalue weighted by Gasteiger charge is 2.16. The van der Waals surface area contributed by atoms with Crippen LogP contribution in [-0.4, -0.2) is 16.5 Å². The first-order valence-electron chi connectivity index (χ1n) is 6.15. The fraction of sp³-hybridized carbons (Fsp3) is 0.308. The van der Waals surface area contributed by atoms with Gasteiger partial charge >= 0.3 is 0 Å². The largest absolute Gasteiger partial charge is 0.493 e. The summed E-state index contributed by atoms with van der Waals surface area (Å²) in [7, 11) is 0. The third kappa shape index (κ3) is 2.94. The zero-order valence-electron chi connectivity index (χ0n) is 11.2. The summed E-state index contributed by atoms with van der Waals surface area (Å²) in [5.74, 6) is 0.583. The number of nitrogens with two attached hydrogens (primary N) is 1. The van der Waals surface area contributed by atoms with Crippen LogP contribution < -0.4 is 10.5 Å². The Balaban J connectivity index is 2.50. The van der Waals surface area contributed by atoms with E-state index in [2.05, 4.69) is 4.98 Å². The molecule has 1 atom stereocenters. The Labute approximate surface area is 120 Å². The number of nitro benzene ring substituents is 1. The SMILES string of the molecule is CCOc1ccc([N+](=O)[O-])cc1-c1csc(C(C)N)n1. The molecule has 0 aliphatic carbocycles. The van der Waals surface area contributed by atoms with E-state index in [0.29, 0.717) is 23.6 Å². The number of nitro groups is 1. The van der Waals surface area contributed by atoms with Crippen molar-refractivity contribution in [1.82, 2.24) is 4.98 Å². The van der Waals surface area contributed by atoms with Gasteiger partial charge in [-0.05, 0) is 19.9 Å². The third-order valence-corrected chi connectivity index (χ3v) is 3.71. The minimum atomic E-state index is -0.432. The van der Waals surface area contributed by atoms with E-state index in [1.807, 2.05) is 19.2 Å². The summed E-state index contributed by atoms with van der Waals surface area (Å²) < 4.78 is 5.51. The lowest BCUT2D eigenvalue weighted by Gasteiger charge is -2.08. The van der Waals surface area contributed by atoms with Crippen LogP contribution in [0.4, 0.5) is 5.69 Å². The van der Waals surface area contributed by atoms with Crippen molar-refractivity contribution in [2.45, 2.75) is 19.9 Å². The van der Waals surface area contributed by atoms with Gasteiger partial charge in [-0.3, -0.25) is 10.1 Å². The zero-order chi connectivity index (χ0) is 14.7. The number of nitrogens with zero attached hydrogens (tertiary/aromatic N) is 2. The molecule has 0 aliphatic rings. The van der Waals surface area contributed by atoms with Crippen LogP contribution in [0.1, 0.15) is 24.9 Å². The van der Waals surface area contributed by atoms with Crippen molar-refractivity contribution in [1.29, 1.82) is 0 Å². The van der Waals surface area contributed by atoms with E-state index in [0.717, 1.165) is 5.01 Å². The Hall–Kier alpha value is -1.99. The predicted octanol–water partition coefficient (Wildman–Crippen LogP) is 3.14. The first-order valence-corrected chi connectivity index (χ1v) is 7.03. The number of aromatic nitrogens is 1. The molecule has 0 amide bonds. The van der Waals surface area contributed by atoms with E-state index in [4.69, 9.17) is 10.5 Å². The van der Waals surface area contributed by atoms with Crippen molar-refractivity contribution in [2.75, 3.05) is 6.61 Å². The Morgan fingerprint density at radius 2 is 2.30 bits per heavy atom. The molecule has 0 saturated heterocycles. The van der Waals surface area contributed by atoms with Crippen molar-refractivity contribution in [3.8, 4) is 17.0 Å². The Kier molecular flexibility index (Phi) is 4.31. The van der Waals surface area contributed by atoms with Crippen LogP contribution in [0.15, 0.2) is 23.6 Å². The normalized spacial score (nSPS) is 12.2. The average molecular weight is 293 g/mol. The van der Waals surface area contributed by atoms with Crippen molar-refractivity contribution < 1.29 is 9.66 Å².